The first-order valence-electron chi connectivity index (χ1n) is 7.74. The number of nitrogens with zero attached hydrogens (tertiary/aromatic N) is 1. The predicted molar refractivity (Wildman–Crippen MR) is 93.1 cm³/mol. The molecule has 0 aliphatic carbocycles. The molecule has 1 atom stereocenters. The van der Waals surface area contributed by atoms with Gasteiger partial charge in [-0.1, -0.05) is 25.4 Å². The van der Waals surface area contributed by atoms with Gasteiger partial charge in [0.1, 0.15) is 5.75 Å². The summed E-state index contributed by atoms with van der Waals surface area (Å²) >= 11 is 6.12. The summed E-state index contributed by atoms with van der Waals surface area (Å²) in [6, 6.07) is 8.09. The highest BCUT2D eigenvalue weighted by Crippen LogP contribution is 2.32. The van der Waals surface area contributed by atoms with Crippen LogP contribution in [0.5, 0.6) is 5.75 Å². The lowest BCUT2D eigenvalue weighted by molar-refractivity contribution is -0.605. The second-order valence-corrected chi connectivity index (χ2v) is 6.43. The van der Waals surface area contributed by atoms with E-state index >= 15 is 0 Å². The molecule has 0 bridgehead atoms. The first-order chi connectivity index (χ1) is 11.4. The van der Waals surface area contributed by atoms with Crippen molar-refractivity contribution >= 4 is 17.5 Å². The summed E-state index contributed by atoms with van der Waals surface area (Å²) in [5.74, 6) is 0.789. The minimum Gasteiger partial charge on any atom is -0.619 e. The summed E-state index contributed by atoms with van der Waals surface area (Å²) in [7, 11) is 1.59. The fourth-order valence-corrected chi connectivity index (χ4v) is 2.70. The van der Waals surface area contributed by atoms with Crippen LogP contribution in [0.4, 0.5) is 0 Å². The maximum absolute atomic E-state index is 12.5. The number of hydrogen-bond acceptors (Lipinski definition) is 3. The first kappa shape index (κ1) is 18.1. The monoisotopic (exact) mass is 348 g/mol. The number of carbonyl (C=O) groups excluding carboxylic acids is 1. The summed E-state index contributed by atoms with van der Waals surface area (Å²) in [6.07, 6.45) is 3.33. The first-order valence-corrected chi connectivity index (χ1v) is 8.11. The van der Waals surface area contributed by atoms with E-state index in [9.17, 15) is 10.0 Å². The molecule has 0 aliphatic rings. The smallest absolute Gasteiger partial charge is 0.252 e. The standard InChI is InChI=1S/C18H21ClN2O3/c1-12(2)10-16(15-11-14(19)4-5-17(15)24-3)20-18(22)13-6-8-21(23)9-7-13/h4-9,11-12,16H,10H2,1-3H3,(H,20,22). The van der Waals surface area contributed by atoms with Crippen LogP contribution in [0.3, 0.4) is 0 Å². The van der Waals surface area contributed by atoms with Crippen molar-refractivity contribution in [2.45, 2.75) is 26.3 Å². The highest BCUT2D eigenvalue weighted by molar-refractivity contribution is 6.30. The zero-order chi connectivity index (χ0) is 17.7. The Balaban J connectivity index is 2.30. The molecule has 0 aliphatic heterocycles. The van der Waals surface area contributed by atoms with Crippen molar-refractivity contribution in [2.24, 2.45) is 5.92 Å². The van der Waals surface area contributed by atoms with Crippen LogP contribution >= 0.6 is 11.6 Å². The number of methoxy groups -OCH3 is 1. The molecule has 1 N–H and O–H groups in total. The van der Waals surface area contributed by atoms with Crippen molar-refractivity contribution in [3.8, 4) is 5.75 Å². The third kappa shape index (κ3) is 4.61. The van der Waals surface area contributed by atoms with Gasteiger partial charge in [0, 0.05) is 22.7 Å². The number of hydrogen-bond donors (Lipinski definition) is 1. The van der Waals surface area contributed by atoms with E-state index < -0.39 is 0 Å². The number of pyridine rings is 1. The van der Waals surface area contributed by atoms with Crippen molar-refractivity contribution in [3.63, 3.8) is 0 Å². The number of benzene rings is 1. The Morgan fingerprint density at radius 1 is 1.29 bits per heavy atom. The summed E-state index contributed by atoms with van der Waals surface area (Å²) in [4.78, 5) is 12.5. The third-order valence-corrected chi connectivity index (χ3v) is 3.88. The Labute approximate surface area is 146 Å². The number of halogens is 1. The summed E-state index contributed by atoms with van der Waals surface area (Å²) in [5, 5.41) is 14.7. The minimum atomic E-state index is -0.247. The minimum absolute atomic E-state index is 0.245. The van der Waals surface area contributed by atoms with E-state index in [-0.39, 0.29) is 11.9 Å². The molecule has 0 saturated carbocycles. The van der Waals surface area contributed by atoms with E-state index in [1.807, 2.05) is 6.07 Å². The zero-order valence-corrected chi connectivity index (χ0v) is 14.7. The largest absolute Gasteiger partial charge is 0.619 e. The lowest BCUT2D eigenvalue weighted by Crippen LogP contribution is -2.31. The Hall–Kier alpha value is -2.27. The van der Waals surface area contributed by atoms with Crippen LogP contribution in [0.15, 0.2) is 42.7 Å². The highest BCUT2D eigenvalue weighted by atomic mass is 35.5. The Morgan fingerprint density at radius 2 is 1.96 bits per heavy atom. The van der Waals surface area contributed by atoms with E-state index in [4.69, 9.17) is 16.3 Å². The van der Waals surface area contributed by atoms with Crippen LogP contribution < -0.4 is 14.8 Å². The molecule has 128 valence electrons. The molecule has 0 spiro atoms. The van der Waals surface area contributed by atoms with Gasteiger partial charge in [-0.05, 0) is 30.5 Å². The summed E-state index contributed by atoms with van der Waals surface area (Å²) < 4.78 is 6.05. The number of amides is 1. The van der Waals surface area contributed by atoms with Crippen LogP contribution in [-0.4, -0.2) is 13.0 Å². The van der Waals surface area contributed by atoms with Gasteiger partial charge in [-0.15, -0.1) is 0 Å². The average molecular weight is 349 g/mol. The second kappa shape index (κ2) is 8.02. The molecule has 1 aromatic heterocycles. The molecule has 1 unspecified atom stereocenters. The Morgan fingerprint density at radius 3 is 2.54 bits per heavy atom. The predicted octanol–water partition coefficient (Wildman–Crippen LogP) is 3.50. The molecular formula is C18H21ClN2O3. The third-order valence-electron chi connectivity index (χ3n) is 3.64. The van der Waals surface area contributed by atoms with E-state index in [0.29, 0.717) is 27.0 Å². The molecule has 2 aromatic rings. The molecule has 2 rings (SSSR count). The number of ether oxygens (including phenoxy) is 1. The van der Waals surface area contributed by atoms with Gasteiger partial charge in [-0.3, -0.25) is 4.79 Å². The molecule has 0 radical (unpaired) electrons. The van der Waals surface area contributed by atoms with Crippen molar-refractivity contribution in [3.05, 3.63) is 64.1 Å². The van der Waals surface area contributed by atoms with Gasteiger partial charge < -0.3 is 15.3 Å². The van der Waals surface area contributed by atoms with Crippen molar-refractivity contribution in [1.82, 2.24) is 5.32 Å². The molecular weight excluding hydrogens is 328 g/mol. The van der Waals surface area contributed by atoms with Gasteiger partial charge in [0.15, 0.2) is 12.4 Å². The van der Waals surface area contributed by atoms with E-state index in [2.05, 4.69) is 19.2 Å². The quantitative estimate of drug-likeness (QED) is 0.641. The molecule has 5 nitrogen and oxygen atoms in total. The van der Waals surface area contributed by atoms with Gasteiger partial charge >= 0.3 is 0 Å². The normalized spacial score (nSPS) is 12.0. The van der Waals surface area contributed by atoms with Gasteiger partial charge in [-0.25, -0.2) is 0 Å². The molecule has 24 heavy (non-hydrogen) atoms. The van der Waals surface area contributed by atoms with Gasteiger partial charge in [-0.2, -0.15) is 4.73 Å². The second-order valence-electron chi connectivity index (χ2n) is 5.99. The van der Waals surface area contributed by atoms with Crippen LogP contribution in [0.2, 0.25) is 5.02 Å². The Bertz CT molecular complexity index is 702. The lowest BCUT2D eigenvalue weighted by Gasteiger charge is -2.23. The van der Waals surface area contributed by atoms with Crippen LogP contribution in [0, 0.1) is 11.1 Å². The fraction of sp³-hybridized carbons (Fsp3) is 0.333. The van der Waals surface area contributed by atoms with Gasteiger partial charge in [0.05, 0.1) is 18.7 Å². The fourth-order valence-electron chi connectivity index (χ4n) is 2.52. The number of nitrogens with one attached hydrogen (secondary N) is 1. The van der Waals surface area contributed by atoms with Crippen molar-refractivity contribution in [1.29, 1.82) is 0 Å². The van der Waals surface area contributed by atoms with Crippen LogP contribution in [0.1, 0.15) is 42.2 Å². The number of aromatic nitrogens is 1. The van der Waals surface area contributed by atoms with Crippen LogP contribution in [-0.2, 0) is 0 Å². The zero-order valence-electron chi connectivity index (χ0n) is 14.0. The lowest BCUT2D eigenvalue weighted by atomic mass is 9.96. The van der Waals surface area contributed by atoms with Crippen molar-refractivity contribution in [2.75, 3.05) is 7.11 Å². The number of carbonyl (C=O) groups is 1. The van der Waals surface area contributed by atoms with Crippen LogP contribution in [0.25, 0.3) is 0 Å². The molecule has 6 heteroatoms. The SMILES string of the molecule is COc1ccc(Cl)cc1C(CC(C)C)NC(=O)c1cc[n+]([O-])cc1. The van der Waals surface area contributed by atoms with Gasteiger partial charge in [0.2, 0.25) is 0 Å². The molecule has 0 fully saturated rings. The van der Waals surface area contributed by atoms with Crippen molar-refractivity contribution < 1.29 is 14.3 Å². The van der Waals surface area contributed by atoms with E-state index in [0.717, 1.165) is 12.0 Å². The van der Waals surface area contributed by atoms with E-state index in [1.54, 1.807) is 19.2 Å². The molecule has 0 saturated heterocycles. The Kier molecular flexibility index (Phi) is 6.04. The highest BCUT2D eigenvalue weighted by Gasteiger charge is 2.21. The average Bonchev–Trinajstić information content (AvgIpc) is 2.54. The summed E-state index contributed by atoms with van der Waals surface area (Å²) in [5.41, 5.74) is 1.26. The molecule has 1 aromatic carbocycles. The molecule has 1 heterocycles. The molecule has 1 amide bonds. The van der Waals surface area contributed by atoms with Gasteiger partial charge in [0.25, 0.3) is 5.91 Å². The number of rotatable bonds is 6. The maximum atomic E-state index is 12.5. The van der Waals surface area contributed by atoms with E-state index in [1.165, 1.54) is 24.5 Å². The topological polar surface area (TPSA) is 65.3 Å². The maximum Gasteiger partial charge on any atom is 0.252 e. The summed E-state index contributed by atoms with van der Waals surface area (Å²) in [6.45, 7) is 4.16.